The third kappa shape index (κ3) is 3.52. The highest BCUT2D eigenvalue weighted by Crippen LogP contribution is 2.30. The molecule has 1 saturated heterocycles. The summed E-state index contributed by atoms with van der Waals surface area (Å²) in [5.41, 5.74) is 3.70. The molecule has 1 aromatic carbocycles. The van der Waals surface area contributed by atoms with Crippen LogP contribution in [0.1, 0.15) is 49.0 Å². The number of carbonyl (C=O) groups is 1. The summed E-state index contributed by atoms with van der Waals surface area (Å²) in [4.78, 5) is 14.7. The number of rotatable bonds is 1. The Labute approximate surface area is 133 Å². The summed E-state index contributed by atoms with van der Waals surface area (Å²) < 4.78 is 0. The number of fused-ring (bicyclic) bond motifs is 1. The molecule has 116 valence electrons. The fourth-order valence-corrected chi connectivity index (χ4v) is 3.25. The first-order chi connectivity index (χ1) is 9.55. The number of halogens is 1. The second kappa shape index (κ2) is 6.27. The van der Waals surface area contributed by atoms with E-state index < -0.39 is 0 Å². The molecule has 3 nitrogen and oxygen atoms in total. The molecule has 2 aliphatic rings. The van der Waals surface area contributed by atoms with E-state index >= 15 is 0 Å². The predicted molar refractivity (Wildman–Crippen MR) is 89.4 cm³/mol. The summed E-state index contributed by atoms with van der Waals surface area (Å²) in [7, 11) is 0. The van der Waals surface area contributed by atoms with Crippen LogP contribution in [0.4, 0.5) is 5.69 Å². The van der Waals surface area contributed by atoms with E-state index in [1.54, 1.807) is 0 Å². The number of amides is 1. The number of carbonyl (C=O) groups excluding carboxylic acids is 1. The molecular weight excluding hydrogens is 284 g/mol. The van der Waals surface area contributed by atoms with Crippen LogP contribution in [0.5, 0.6) is 0 Å². The number of nitrogens with one attached hydrogen (secondary N) is 1. The van der Waals surface area contributed by atoms with Gasteiger partial charge in [0.1, 0.15) is 0 Å². The van der Waals surface area contributed by atoms with E-state index in [-0.39, 0.29) is 18.3 Å². The fraction of sp³-hybridized carbons (Fsp3) is 0.588. The number of likely N-dealkylation sites (tertiary alicyclic amines) is 1. The van der Waals surface area contributed by atoms with Gasteiger partial charge in [-0.15, -0.1) is 12.4 Å². The van der Waals surface area contributed by atoms with Gasteiger partial charge in [0.25, 0.3) is 5.91 Å². The SMILES string of the molecule is CC1(C)CCCN(C(=O)c2ccc3c(c2)CCN3)CC1.Cl. The number of nitrogens with zero attached hydrogens (tertiary/aromatic N) is 1. The Morgan fingerprint density at radius 2 is 2.05 bits per heavy atom. The molecule has 1 aromatic rings. The number of benzene rings is 1. The van der Waals surface area contributed by atoms with Gasteiger partial charge in [0.05, 0.1) is 0 Å². The summed E-state index contributed by atoms with van der Waals surface area (Å²) in [6, 6.07) is 6.10. The van der Waals surface area contributed by atoms with Crippen molar-refractivity contribution in [2.75, 3.05) is 25.0 Å². The molecule has 0 aromatic heterocycles. The molecule has 0 aliphatic carbocycles. The van der Waals surface area contributed by atoms with Crippen LogP contribution in [-0.4, -0.2) is 30.4 Å². The van der Waals surface area contributed by atoms with Gasteiger partial charge in [-0.1, -0.05) is 13.8 Å². The van der Waals surface area contributed by atoms with E-state index in [0.29, 0.717) is 5.41 Å². The molecule has 21 heavy (non-hydrogen) atoms. The summed E-state index contributed by atoms with van der Waals surface area (Å²) in [6.07, 6.45) is 4.46. The molecule has 2 heterocycles. The van der Waals surface area contributed by atoms with Crippen LogP contribution in [0.25, 0.3) is 0 Å². The van der Waals surface area contributed by atoms with Gasteiger partial charge in [0.15, 0.2) is 0 Å². The molecule has 4 heteroatoms. The lowest BCUT2D eigenvalue weighted by molar-refractivity contribution is 0.0757. The zero-order chi connectivity index (χ0) is 14.2. The van der Waals surface area contributed by atoms with Crippen molar-refractivity contribution in [3.05, 3.63) is 29.3 Å². The first-order valence-corrected chi connectivity index (χ1v) is 7.71. The Kier molecular flexibility index (Phi) is 4.82. The zero-order valence-electron chi connectivity index (χ0n) is 12.9. The van der Waals surface area contributed by atoms with Crippen LogP contribution < -0.4 is 5.32 Å². The lowest BCUT2D eigenvalue weighted by atomic mass is 9.85. The predicted octanol–water partition coefficient (Wildman–Crippen LogP) is 3.73. The highest BCUT2D eigenvalue weighted by Gasteiger charge is 2.26. The summed E-state index contributed by atoms with van der Waals surface area (Å²) in [6.45, 7) is 7.40. The smallest absolute Gasteiger partial charge is 0.253 e. The minimum absolute atomic E-state index is 0. The van der Waals surface area contributed by atoms with Crippen molar-refractivity contribution in [1.82, 2.24) is 4.90 Å². The van der Waals surface area contributed by atoms with Crippen LogP contribution in [0.2, 0.25) is 0 Å². The van der Waals surface area contributed by atoms with E-state index in [1.807, 2.05) is 11.0 Å². The molecule has 3 rings (SSSR count). The molecule has 0 bridgehead atoms. The van der Waals surface area contributed by atoms with Gasteiger partial charge in [-0.05, 0) is 54.9 Å². The van der Waals surface area contributed by atoms with Gasteiger partial charge >= 0.3 is 0 Å². The average molecular weight is 309 g/mol. The number of hydrogen-bond donors (Lipinski definition) is 1. The molecule has 1 amide bonds. The van der Waals surface area contributed by atoms with Gasteiger partial charge in [0, 0.05) is 30.9 Å². The van der Waals surface area contributed by atoms with Crippen LogP contribution in [-0.2, 0) is 6.42 Å². The minimum Gasteiger partial charge on any atom is -0.384 e. The van der Waals surface area contributed by atoms with Crippen molar-refractivity contribution in [2.24, 2.45) is 5.41 Å². The fourth-order valence-electron chi connectivity index (χ4n) is 3.25. The van der Waals surface area contributed by atoms with Gasteiger partial charge in [-0.2, -0.15) is 0 Å². The van der Waals surface area contributed by atoms with E-state index in [9.17, 15) is 4.79 Å². The Hall–Kier alpha value is -1.22. The topological polar surface area (TPSA) is 32.3 Å². The molecule has 0 unspecified atom stereocenters. The molecular formula is C17H25ClN2O. The Balaban J connectivity index is 0.00000161. The van der Waals surface area contributed by atoms with Crippen LogP contribution in [0, 0.1) is 5.41 Å². The second-order valence-electron chi connectivity index (χ2n) is 6.86. The minimum atomic E-state index is 0. The lowest BCUT2D eigenvalue weighted by Gasteiger charge is -2.23. The van der Waals surface area contributed by atoms with E-state index in [0.717, 1.165) is 44.5 Å². The monoisotopic (exact) mass is 308 g/mol. The quantitative estimate of drug-likeness (QED) is 0.857. The maximum Gasteiger partial charge on any atom is 0.253 e. The Bertz CT molecular complexity index is 528. The molecule has 0 atom stereocenters. The molecule has 0 radical (unpaired) electrons. The van der Waals surface area contributed by atoms with E-state index in [4.69, 9.17) is 0 Å². The maximum absolute atomic E-state index is 12.7. The maximum atomic E-state index is 12.7. The number of anilines is 1. The van der Waals surface area contributed by atoms with Crippen LogP contribution in [0.15, 0.2) is 18.2 Å². The van der Waals surface area contributed by atoms with E-state index in [1.165, 1.54) is 17.7 Å². The van der Waals surface area contributed by atoms with Crippen LogP contribution in [0.3, 0.4) is 0 Å². The molecule has 1 N–H and O–H groups in total. The third-order valence-electron chi connectivity index (χ3n) is 4.69. The van der Waals surface area contributed by atoms with Gasteiger partial charge in [0.2, 0.25) is 0 Å². The Morgan fingerprint density at radius 1 is 1.24 bits per heavy atom. The summed E-state index contributed by atoms with van der Waals surface area (Å²) in [5, 5.41) is 3.34. The summed E-state index contributed by atoms with van der Waals surface area (Å²) >= 11 is 0. The standard InChI is InChI=1S/C17H24N2O.ClH/c1-17(2)7-3-10-19(11-8-17)16(20)14-4-5-15-13(12-14)6-9-18-15;/h4-5,12,18H,3,6-11H2,1-2H3;1H. The van der Waals surface area contributed by atoms with Crippen molar-refractivity contribution in [3.8, 4) is 0 Å². The lowest BCUT2D eigenvalue weighted by Crippen LogP contribution is -2.32. The largest absolute Gasteiger partial charge is 0.384 e. The van der Waals surface area contributed by atoms with Gasteiger partial charge < -0.3 is 10.2 Å². The molecule has 2 aliphatic heterocycles. The highest BCUT2D eigenvalue weighted by molar-refractivity contribution is 5.95. The van der Waals surface area contributed by atoms with Gasteiger partial charge in [-0.3, -0.25) is 4.79 Å². The van der Waals surface area contributed by atoms with Crippen molar-refractivity contribution in [3.63, 3.8) is 0 Å². The van der Waals surface area contributed by atoms with Crippen molar-refractivity contribution < 1.29 is 4.79 Å². The highest BCUT2D eigenvalue weighted by atomic mass is 35.5. The van der Waals surface area contributed by atoms with Crippen LogP contribution >= 0.6 is 12.4 Å². The average Bonchev–Trinajstić information content (AvgIpc) is 2.81. The van der Waals surface area contributed by atoms with E-state index in [2.05, 4.69) is 31.3 Å². The molecule has 0 saturated carbocycles. The first kappa shape index (κ1) is 16.2. The zero-order valence-corrected chi connectivity index (χ0v) is 13.8. The first-order valence-electron chi connectivity index (χ1n) is 7.71. The van der Waals surface area contributed by atoms with Crippen molar-refractivity contribution in [1.29, 1.82) is 0 Å². The summed E-state index contributed by atoms with van der Waals surface area (Å²) in [5.74, 6) is 0.206. The Morgan fingerprint density at radius 3 is 2.86 bits per heavy atom. The second-order valence-corrected chi connectivity index (χ2v) is 6.86. The normalized spacial score (nSPS) is 20.0. The third-order valence-corrected chi connectivity index (χ3v) is 4.69. The molecule has 1 fully saturated rings. The number of hydrogen-bond acceptors (Lipinski definition) is 2. The van der Waals surface area contributed by atoms with Gasteiger partial charge in [-0.25, -0.2) is 0 Å². The van der Waals surface area contributed by atoms with Crippen molar-refractivity contribution in [2.45, 2.75) is 39.5 Å². The van der Waals surface area contributed by atoms with Crippen molar-refractivity contribution >= 4 is 24.0 Å². The molecule has 0 spiro atoms.